The molecule has 0 spiro atoms. The van der Waals surface area contributed by atoms with Crippen molar-refractivity contribution in [2.45, 2.75) is 31.0 Å². The minimum atomic E-state index is -2.38. The first kappa shape index (κ1) is 13.9. The highest BCUT2D eigenvalue weighted by atomic mass is 19.2. The molecule has 21 heavy (non-hydrogen) atoms. The van der Waals surface area contributed by atoms with Crippen molar-refractivity contribution in [2.75, 3.05) is 12.3 Å². The number of aliphatic hydroxyl groups excluding tert-OH is 1. The van der Waals surface area contributed by atoms with Crippen molar-refractivity contribution in [1.82, 2.24) is 19.5 Å². The molecule has 0 aromatic carbocycles. The number of H-pyrrole nitrogens is 1. The summed E-state index contributed by atoms with van der Waals surface area (Å²) in [6.45, 7) is 0.458. The number of hydrogen-bond acceptors (Lipinski definition) is 7. The smallest absolute Gasteiger partial charge is 0.280 e. The topological polar surface area (TPSA) is 139 Å². The van der Waals surface area contributed by atoms with Crippen LogP contribution in [0.3, 0.4) is 0 Å². The zero-order valence-corrected chi connectivity index (χ0v) is 11.1. The van der Waals surface area contributed by atoms with Crippen molar-refractivity contribution >= 4 is 17.1 Å². The lowest BCUT2D eigenvalue weighted by molar-refractivity contribution is -0.183. The lowest BCUT2D eigenvalue weighted by Gasteiger charge is -2.24. The quantitative estimate of drug-likeness (QED) is 0.559. The molecular weight excluding hydrogens is 285 g/mol. The average Bonchev–Trinajstić information content (AvgIpc) is 2.88. The largest absolute Gasteiger partial charge is 0.390 e. The summed E-state index contributed by atoms with van der Waals surface area (Å²) in [5.74, 6) is -2.52. The molecule has 9 nitrogen and oxygen atoms in total. The zero-order chi connectivity index (χ0) is 15.4. The van der Waals surface area contributed by atoms with E-state index < -0.39 is 36.3 Å². The summed E-state index contributed by atoms with van der Waals surface area (Å²) < 4.78 is 20.5. The molecule has 3 heterocycles. The number of halogens is 1. The van der Waals surface area contributed by atoms with Crippen molar-refractivity contribution in [3.8, 4) is 0 Å². The number of aromatic amines is 1. The van der Waals surface area contributed by atoms with Gasteiger partial charge in [0.15, 0.2) is 17.4 Å². The normalized spacial score (nSPS) is 32.9. The third-order valence-electron chi connectivity index (χ3n) is 3.42. The van der Waals surface area contributed by atoms with Gasteiger partial charge in [0.1, 0.15) is 12.2 Å². The molecule has 1 aliphatic rings. The molecule has 3 atom stereocenters. The number of nitrogen functional groups attached to an aromatic ring is 1. The molecule has 0 amide bonds. The van der Waals surface area contributed by atoms with E-state index in [1.165, 1.54) is 17.8 Å². The number of alkyl halides is 1. The van der Waals surface area contributed by atoms with E-state index in [0.29, 0.717) is 0 Å². The number of hydrogen-bond donors (Lipinski definition) is 4. The Balaban J connectivity index is 2.15. The van der Waals surface area contributed by atoms with Crippen LogP contribution in [0.5, 0.6) is 0 Å². The van der Waals surface area contributed by atoms with Gasteiger partial charge in [-0.3, -0.25) is 14.3 Å². The number of nitrogens with two attached hydrogens (primary N) is 1. The van der Waals surface area contributed by atoms with Crippen molar-refractivity contribution in [1.29, 1.82) is 0 Å². The Hall–Kier alpha value is -2.04. The van der Waals surface area contributed by atoms with Gasteiger partial charge in [0.05, 0.1) is 6.33 Å². The Kier molecular flexibility index (Phi) is 2.80. The number of aliphatic hydroxyl groups is 2. The van der Waals surface area contributed by atoms with Gasteiger partial charge in [-0.2, -0.15) is 4.98 Å². The number of nitrogens with zero attached hydrogens (tertiary/aromatic N) is 3. The molecule has 3 unspecified atom stereocenters. The average molecular weight is 299 g/mol. The molecule has 0 saturated carbocycles. The van der Waals surface area contributed by atoms with Crippen LogP contribution in [0.2, 0.25) is 0 Å². The van der Waals surface area contributed by atoms with E-state index in [2.05, 4.69) is 15.0 Å². The summed E-state index contributed by atoms with van der Waals surface area (Å²) in [5, 5.41) is 19.4. The number of anilines is 1. The number of nitrogens with one attached hydrogen (secondary N) is 1. The van der Waals surface area contributed by atoms with E-state index >= 15 is 0 Å². The lowest BCUT2D eigenvalue weighted by Crippen LogP contribution is -2.32. The molecule has 3 rings (SSSR count). The predicted octanol–water partition coefficient (Wildman–Crippen LogP) is -0.970. The number of aromatic nitrogens is 4. The van der Waals surface area contributed by atoms with E-state index in [-0.39, 0.29) is 17.1 Å². The molecule has 1 aliphatic heterocycles. The molecule has 0 radical (unpaired) electrons. The molecule has 5 N–H and O–H groups in total. The van der Waals surface area contributed by atoms with Gasteiger partial charge in [0.25, 0.3) is 5.56 Å². The minimum absolute atomic E-state index is 0.0102. The van der Waals surface area contributed by atoms with Crippen LogP contribution in [-0.2, 0) is 4.74 Å². The van der Waals surface area contributed by atoms with Gasteiger partial charge in [-0.1, -0.05) is 0 Å². The standard InChI is InChI=1S/C11H14FN5O4/c1-10(20)2-11(12,3-18)21-8(10)17-4-14-5-6(17)15-9(13)16-7(5)19/h4,8,18,20H,2-3H2,1H3,(H3,13,15,16,19). The molecule has 0 bridgehead atoms. The Morgan fingerprint density at radius 1 is 1.71 bits per heavy atom. The first-order valence-electron chi connectivity index (χ1n) is 6.18. The lowest BCUT2D eigenvalue weighted by atomic mass is 9.99. The summed E-state index contributed by atoms with van der Waals surface area (Å²) in [4.78, 5) is 21.8. The maximum Gasteiger partial charge on any atom is 0.280 e. The van der Waals surface area contributed by atoms with Gasteiger partial charge in [-0.05, 0) is 6.92 Å². The molecule has 10 heteroatoms. The Labute approximate surface area is 117 Å². The highest BCUT2D eigenvalue weighted by Gasteiger charge is 2.54. The molecule has 2 aromatic rings. The number of rotatable bonds is 2. The maximum atomic E-state index is 14.2. The SMILES string of the molecule is CC1(O)CC(F)(CO)OC1n1cnc2c(=O)[nH]c(N)nc21. The van der Waals surface area contributed by atoms with Crippen LogP contribution < -0.4 is 11.3 Å². The van der Waals surface area contributed by atoms with Crippen molar-refractivity contribution in [2.24, 2.45) is 0 Å². The molecule has 2 aromatic heterocycles. The maximum absolute atomic E-state index is 14.2. The van der Waals surface area contributed by atoms with Crippen LogP contribution in [0.4, 0.5) is 10.3 Å². The first-order valence-corrected chi connectivity index (χ1v) is 6.18. The highest BCUT2D eigenvalue weighted by molar-refractivity contribution is 5.70. The van der Waals surface area contributed by atoms with E-state index in [9.17, 15) is 14.3 Å². The Bertz CT molecular complexity index is 757. The van der Waals surface area contributed by atoms with Crippen molar-refractivity contribution < 1.29 is 19.3 Å². The zero-order valence-electron chi connectivity index (χ0n) is 11.1. The van der Waals surface area contributed by atoms with Gasteiger partial charge in [0, 0.05) is 6.42 Å². The van der Waals surface area contributed by atoms with Crippen LogP contribution in [0.15, 0.2) is 11.1 Å². The molecule has 114 valence electrons. The van der Waals surface area contributed by atoms with E-state index in [1.807, 2.05) is 0 Å². The summed E-state index contributed by atoms with van der Waals surface area (Å²) in [6, 6.07) is 0. The van der Waals surface area contributed by atoms with Crippen molar-refractivity contribution in [3.05, 3.63) is 16.7 Å². The first-order chi connectivity index (χ1) is 9.76. The van der Waals surface area contributed by atoms with Crippen LogP contribution >= 0.6 is 0 Å². The van der Waals surface area contributed by atoms with Gasteiger partial charge in [-0.25, -0.2) is 9.37 Å². The molecular formula is C11H14FN5O4. The van der Waals surface area contributed by atoms with E-state index in [0.717, 1.165) is 0 Å². The van der Waals surface area contributed by atoms with Crippen LogP contribution in [0, 0.1) is 0 Å². The summed E-state index contributed by atoms with van der Waals surface area (Å²) >= 11 is 0. The second-order valence-corrected chi connectivity index (χ2v) is 5.32. The van der Waals surface area contributed by atoms with E-state index in [4.69, 9.17) is 15.6 Å². The molecule has 0 aliphatic carbocycles. The van der Waals surface area contributed by atoms with Crippen LogP contribution in [0.1, 0.15) is 19.6 Å². The Morgan fingerprint density at radius 2 is 2.43 bits per heavy atom. The monoisotopic (exact) mass is 299 g/mol. The fraction of sp³-hybridized carbons (Fsp3) is 0.545. The second-order valence-electron chi connectivity index (χ2n) is 5.32. The highest BCUT2D eigenvalue weighted by Crippen LogP contribution is 2.45. The van der Waals surface area contributed by atoms with E-state index in [1.54, 1.807) is 0 Å². The van der Waals surface area contributed by atoms with Crippen molar-refractivity contribution in [3.63, 3.8) is 0 Å². The van der Waals surface area contributed by atoms with Crippen LogP contribution in [0.25, 0.3) is 11.2 Å². The summed E-state index contributed by atoms with van der Waals surface area (Å²) in [7, 11) is 0. The number of fused-ring (bicyclic) bond motifs is 1. The fourth-order valence-electron chi connectivity index (χ4n) is 2.55. The van der Waals surface area contributed by atoms with Gasteiger partial charge in [0.2, 0.25) is 11.8 Å². The number of imidazole rings is 1. The third kappa shape index (κ3) is 2.07. The third-order valence-corrected chi connectivity index (χ3v) is 3.42. The van der Waals surface area contributed by atoms with Crippen LogP contribution in [-0.4, -0.2) is 47.8 Å². The fourth-order valence-corrected chi connectivity index (χ4v) is 2.55. The molecule has 1 fully saturated rings. The van der Waals surface area contributed by atoms with Gasteiger partial charge >= 0.3 is 0 Å². The summed E-state index contributed by atoms with van der Waals surface area (Å²) in [6.07, 6.45) is -0.429. The van der Waals surface area contributed by atoms with Gasteiger partial charge < -0.3 is 20.7 Å². The number of ether oxygens (including phenoxy) is 1. The van der Waals surface area contributed by atoms with Gasteiger partial charge in [-0.15, -0.1) is 0 Å². The Morgan fingerprint density at radius 3 is 3.05 bits per heavy atom. The predicted molar refractivity (Wildman–Crippen MR) is 68.8 cm³/mol. The molecule has 1 saturated heterocycles. The second kappa shape index (κ2) is 4.23. The minimum Gasteiger partial charge on any atom is -0.390 e. The summed E-state index contributed by atoms with van der Waals surface area (Å²) in [5.41, 5.74) is 3.35.